The van der Waals surface area contributed by atoms with Gasteiger partial charge in [0.05, 0.1) is 0 Å². The Morgan fingerprint density at radius 2 is 1.47 bits per heavy atom. The van der Waals surface area contributed by atoms with Crippen molar-refractivity contribution in [1.82, 2.24) is 0 Å². The molecule has 0 nitrogen and oxygen atoms in total. The van der Waals surface area contributed by atoms with Crippen molar-refractivity contribution in [3.8, 4) is 0 Å². The fourth-order valence-electron chi connectivity index (χ4n) is 3.21. The number of allylic oxidation sites excluding steroid dienone is 1. The van der Waals surface area contributed by atoms with E-state index >= 15 is 0 Å². The molecule has 0 saturated heterocycles. The molecule has 0 fully saturated rings. The van der Waals surface area contributed by atoms with E-state index in [2.05, 4.69) is 48.5 Å². The van der Waals surface area contributed by atoms with Crippen LogP contribution in [-0.2, 0) is 19.3 Å². The van der Waals surface area contributed by atoms with Crippen LogP contribution in [0, 0.1) is 0 Å². The van der Waals surface area contributed by atoms with Crippen molar-refractivity contribution in [3.63, 3.8) is 0 Å². The molecule has 0 unspecified atom stereocenters. The van der Waals surface area contributed by atoms with Crippen molar-refractivity contribution >= 4 is 5.57 Å². The number of hydrogen-bond acceptors (Lipinski definition) is 0. The summed E-state index contributed by atoms with van der Waals surface area (Å²) in [7, 11) is 0. The van der Waals surface area contributed by atoms with Crippen LogP contribution in [0.25, 0.3) is 5.57 Å². The predicted octanol–water partition coefficient (Wildman–Crippen LogP) is 3.77. The second-order valence-electron chi connectivity index (χ2n) is 4.93. The fourth-order valence-corrected chi connectivity index (χ4v) is 3.21. The van der Waals surface area contributed by atoms with Gasteiger partial charge in [-0.1, -0.05) is 48.5 Å². The summed E-state index contributed by atoms with van der Waals surface area (Å²) in [5.41, 5.74) is 9.00. The zero-order valence-electron chi connectivity index (χ0n) is 9.74. The Labute approximate surface area is 102 Å². The van der Waals surface area contributed by atoms with E-state index in [4.69, 9.17) is 0 Å². The molecule has 0 aliphatic heterocycles. The molecule has 0 saturated carbocycles. The van der Waals surface area contributed by atoms with E-state index in [-0.39, 0.29) is 0 Å². The smallest absolute Gasteiger partial charge is 0.00817 e. The Morgan fingerprint density at radius 3 is 2.47 bits per heavy atom. The Hall–Kier alpha value is -1.82. The highest BCUT2D eigenvalue weighted by Gasteiger charge is 2.23. The molecule has 2 aliphatic rings. The van der Waals surface area contributed by atoms with Gasteiger partial charge in [-0.15, -0.1) is 0 Å². The number of benzene rings is 2. The third-order valence-corrected chi connectivity index (χ3v) is 4.00. The minimum Gasteiger partial charge on any atom is -0.0716 e. The van der Waals surface area contributed by atoms with E-state index in [0.29, 0.717) is 0 Å². The zero-order chi connectivity index (χ0) is 11.2. The molecule has 0 heteroatoms. The topological polar surface area (TPSA) is 0 Å². The van der Waals surface area contributed by atoms with Gasteiger partial charge < -0.3 is 0 Å². The largest absolute Gasteiger partial charge is 0.0716 e. The van der Waals surface area contributed by atoms with Gasteiger partial charge in [0.1, 0.15) is 0 Å². The lowest BCUT2D eigenvalue weighted by molar-refractivity contribution is 0.962. The van der Waals surface area contributed by atoms with Crippen molar-refractivity contribution in [2.45, 2.75) is 19.3 Å². The summed E-state index contributed by atoms with van der Waals surface area (Å²) in [5, 5.41) is 0. The van der Waals surface area contributed by atoms with Crippen molar-refractivity contribution in [3.05, 3.63) is 76.4 Å². The third-order valence-electron chi connectivity index (χ3n) is 4.00. The van der Waals surface area contributed by atoms with Gasteiger partial charge in [0, 0.05) is 0 Å². The Kier molecular flexibility index (Phi) is 1.81. The molecule has 17 heavy (non-hydrogen) atoms. The molecular formula is C17H14. The lowest BCUT2D eigenvalue weighted by atomic mass is 9.95. The maximum absolute atomic E-state index is 2.40. The third kappa shape index (κ3) is 1.24. The molecule has 0 spiro atoms. The molecule has 0 radical (unpaired) electrons. The van der Waals surface area contributed by atoms with Gasteiger partial charge >= 0.3 is 0 Å². The minimum atomic E-state index is 1.10. The Bertz CT molecular complexity index is 632. The SMILES string of the molecule is C1=C2c3ccccc3CCc3cccc(c32)C1. The van der Waals surface area contributed by atoms with Gasteiger partial charge in [0.15, 0.2) is 0 Å². The minimum absolute atomic E-state index is 1.10. The molecule has 0 aromatic heterocycles. The number of rotatable bonds is 0. The van der Waals surface area contributed by atoms with Crippen molar-refractivity contribution < 1.29 is 0 Å². The molecule has 2 aliphatic carbocycles. The summed E-state index contributed by atoms with van der Waals surface area (Å²) >= 11 is 0. The van der Waals surface area contributed by atoms with E-state index in [1.165, 1.54) is 46.2 Å². The molecule has 0 heterocycles. The van der Waals surface area contributed by atoms with Gasteiger partial charge in [-0.05, 0) is 52.7 Å². The maximum atomic E-state index is 2.40. The first kappa shape index (κ1) is 9.23. The average molecular weight is 218 g/mol. The van der Waals surface area contributed by atoms with Crippen LogP contribution >= 0.6 is 0 Å². The summed E-state index contributed by atoms with van der Waals surface area (Å²) in [4.78, 5) is 0. The average Bonchev–Trinajstić information content (AvgIpc) is 2.73. The van der Waals surface area contributed by atoms with Crippen LogP contribution in [0.4, 0.5) is 0 Å². The second kappa shape index (κ2) is 3.33. The monoisotopic (exact) mass is 218 g/mol. The van der Waals surface area contributed by atoms with Gasteiger partial charge in [-0.3, -0.25) is 0 Å². The standard InChI is InChI=1S/C17H14/c1-2-7-15-12(4-1)8-9-13-5-3-6-14-10-11-16(15)17(13)14/h1-7,11H,8-10H2. The summed E-state index contributed by atoms with van der Waals surface area (Å²) in [6.45, 7) is 0. The van der Waals surface area contributed by atoms with Gasteiger partial charge in [-0.25, -0.2) is 0 Å². The van der Waals surface area contributed by atoms with Gasteiger partial charge in [-0.2, -0.15) is 0 Å². The first-order valence-electron chi connectivity index (χ1n) is 6.33. The highest BCUT2D eigenvalue weighted by atomic mass is 14.3. The molecular weight excluding hydrogens is 204 g/mol. The normalized spacial score (nSPS) is 15.9. The summed E-state index contributed by atoms with van der Waals surface area (Å²) < 4.78 is 0. The van der Waals surface area contributed by atoms with Crippen LogP contribution in [0.3, 0.4) is 0 Å². The lowest BCUT2D eigenvalue weighted by Gasteiger charge is -2.09. The summed E-state index contributed by atoms with van der Waals surface area (Å²) in [6.07, 6.45) is 5.85. The fraction of sp³-hybridized carbons (Fsp3) is 0.176. The quantitative estimate of drug-likeness (QED) is 0.631. The molecule has 2 aromatic carbocycles. The van der Waals surface area contributed by atoms with E-state index in [9.17, 15) is 0 Å². The van der Waals surface area contributed by atoms with Crippen molar-refractivity contribution in [2.24, 2.45) is 0 Å². The molecule has 4 rings (SSSR count). The Balaban J connectivity index is 2.04. The molecule has 2 aromatic rings. The molecule has 82 valence electrons. The van der Waals surface area contributed by atoms with Crippen LogP contribution < -0.4 is 0 Å². The molecule has 0 amide bonds. The van der Waals surface area contributed by atoms with Crippen molar-refractivity contribution in [1.29, 1.82) is 0 Å². The van der Waals surface area contributed by atoms with Crippen LogP contribution in [0.15, 0.2) is 48.5 Å². The van der Waals surface area contributed by atoms with E-state index in [0.717, 1.165) is 6.42 Å². The van der Waals surface area contributed by atoms with Crippen LogP contribution in [0.5, 0.6) is 0 Å². The summed E-state index contributed by atoms with van der Waals surface area (Å²) in [6, 6.07) is 15.6. The number of fused-ring (bicyclic) bond motifs is 2. The summed E-state index contributed by atoms with van der Waals surface area (Å²) in [5.74, 6) is 0. The highest BCUT2D eigenvalue weighted by Crippen LogP contribution is 2.39. The zero-order valence-corrected chi connectivity index (χ0v) is 9.74. The molecule has 0 atom stereocenters. The van der Waals surface area contributed by atoms with Crippen LogP contribution in [0.2, 0.25) is 0 Å². The van der Waals surface area contributed by atoms with Crippen LogP contribution in [0.1, 0.15) is 27.8 Å². The van der Waals surface area contributed by atoms with Crippen LogP contribution in [-0.4, -0.2) is 0 Å². The molecule has 0 bridgehead atoms. The maximum Gasteiger partial charge on any atom is -0.00817 e. The highest BCUT2D eigenvalue weighted by molar-refractivity contribution is 5.88. The first-order chi connectivity index (χ1) is 8.43. The van der Waals surface area contributed by atoms with Gasteiger partial charge in [0.25, 0.3) is 0 Å². The van der Waals surface area contributed by atoms with Gasteiger partial charge in [0.2, 0.25) is 0 Å². The van der Waals surface area contributed by atoms with E-state index < -0.39 is 0 Å². The number of hydrogen-bond donors (Lipinski definition) is 0. The first-order valence-corrected chi connectivity index (χ1v) is 6.33. The molecule has 0 N–H and O–H groups in total. The lowest BCUT2D eigenvalue weighted by Crippen LogP contribution is -1.92. The van der Waals surface area contributed by atoms with Crippen molar-refractivity contribution in [2.75, 3.05) is 0 Å². The number of aryl methyl sites for hydroxylation is 2. The van der Waals surface area contributed by atoms with E-state index in [1.807, 2.05) is 0 Å². The Morgan fingerprint density at radius 1 is 0.706 bits per heavy atom. The predicted molar refractivity (Wildman–Crippen MR) is 71.1 cm³/mol. The van der Waals surface area contributed by atoms with E-state index in [1.54, 1.807) is 0 Å². The second-order valence-corrected chi connectivity index (χ2v) is 4.93.